The van der Waals surface area contributed by atoms with E-state index in [0.717, 1.165) is 5.69 Å². The summed E-state index contributed by atoms with van der Waals surface area (Å²) in [5.74, 6) is -0.334. The van der Waals surface area contributed by atoms with Gasteiger partial charge in [-0.3, -0.25) is 14.9 Å². The Bertz CT molecular complexity index is 429. The summed E-state index contributed by atoms with van der Waals surface area (Å²) >= 11 is 0. The lowest BCUT2D eigenvalue weighted by molar-refractivity contribution is -0.383. The highest BCUT2D eigenvalue weighted by atomic mass is 16.6. The van der Waals surface area contributed by atoms with Gasteiger partial charge in [0.05, 0.1) is 4.92 Å². The number of nitro benzene ring substituents is 1. The second kappa shape index (κ2) is 4.61. The van der Waals surface area contributed by atoms with Crippen molar-refractivity contribution in [3.8, 4) is 0 Å². The molecule has 0 aliphatic carbocycles. The molecule has 6 nitrogen and oxygen atoms in total. The van der Waals surface area contributed by atoms with Gasteiger partial charge in [0.15, 0.2) is 0 Å². The lowest BCUT2D eigenvalue weighted by Gasteiger charge is -2.13. The van der Waals surface area contributed by atoms with Crippen molar-refractivity contribution in [1.82, 2.24) is 0 Å². The maximum absolute atomic E-state index is 10.9. The van der Waals surface area contributed by atoms with Gasteiger partial charge in [-0.25, -0.2) is 0 Å². The molecule has 16 heavy (non-hydrogen) atoms. The van der Waals surface area contributed by atoms with Crippen molar-refractivity contribution >= 4 is 23.0 Å². The third-order valence-corrected chi connectivity index (χ3v) is 2.00. The smallest absolute Gasteiger partial charge is 0.292 e. The molecule has 0 bridgehead atoms. The third-order valence-electron chi connectivity index (χ3n) is 2.00. The number of benzene rings is 1. The van der Waals surface area contributed by atoms with Gasteiger partial charge in [0.1, 0.15) is 5.69 Å². The largest absolute Gasteiger partial charge is 0.378 e. The van der Waals surface area contributed by atoms with Crippen molar-refractivity contribution < 1.29 is 9.72 Å². The molecule has 0 radical (unpaired) electrons. The van der Waals surface area contributed by atoms with Crippen LogP contribution in [0.4, 0.5) is 17.1 Å². The minimum Gasteiger partial charge on any atom is -0.378 e. The van der Waals surface area contributed by atoms with Gasteiger partial charge in [-0.15, -0.1) is 0 Å². The Morgan fingerprint density at radius 3 is 2.50 bits per heavy atom. The van der Waals surface area contributed by atoms with Crippen LogP contribution in [0.5, 0.6) is 0 Å². The molecule has 0 spiro atoms. The zero-order chi connectivity index (χ0) is 12.3. The van der Waals surface area contributed by atoms with E-state index in [-0.39, 0.29) is 17.3 Å². The highest BCUT2D eigenvalue weighted by molar-refractivity contribution is 5.92. The normalized spacial score (nSPS) is 9.69. The first-order valence-corrected chi connectivity index (χ1v) is 4.65. The molecule has 1 N–H and O–H groups in total. The highest BCUT2D eigenvalue weighted by Gasteiger charge is 2.15. The van der Waals surface area contributed by atoms with E-state index in [9.17, 15) is 14.9 Å². The lowest BCUT2D eigenvalue weighted by atomic mass is 10.2. The van der Waals surface area contributed by atoms with E-state index in [1.807, 2.05) is 14.1 Å². The number of anilines is 2. The number of nitrogens with zero attached hydrogens (tertiary/aromatic N) is 2. The first kappa shape index (κ1) is 12.0. The van der Waals surface area contributed by atoms with Crippen LogP contribution in [0.1, 0.15) is 6.92 Å². The maximum Gasteiger partial charge on any atom is 0.292 e. The molecule has 1 aromatic rings. The van der Waals surface area contributed by atoms with Crippen LogP contribution in [-0.2, 0) is 4.79 Å². The van der Waals surface area contributed by atoms with E-state index in [1.54, 1.807) is 17.0 Å². The minimum absolute atomic E-state index is 0.110. The van der Waals surface area contributed by atoms with Gasteiger partial charge in [0.25, 0.3) is 5.69 Å². The van der Waals surface area contributed by atoms with Crippen LogP contribution in [-0.4, -0.2) is 24.9 Å². The number of amides is 1. The van der Waals surface area contributed by atoms with Crippen LogP contribution in [0.25, 0.3) is 0 Å². The zero-order valence-electron chi connectivity index (χ0n) is 9.35. The van der Waals surface area contributed by atoms with Crippen LogP contribution in [0, 0.1) is 10.1 Å². The number of carbonyl (C=O) groups is 1. The molecule has 0 atom stereocenters. The fourth-order valence-electron chi connectivity index (χ4n) is 1.25. The average molecular weight is 223 g/mol. The SMILES string of the molecule is CC(=O)Nc1cc(N(C)C)ccc1[N+](=O)[O-]. The van der Waals surface area contributed by atoms with Crippen LogP contribution in [0.15, 0.2) is 18.2 Å². The van der Waals surface area contributed by atoms with E-state index in [1.165, 1.54) is 13.0 Å². The molecule has 1 aromatic carbocycles. The first-order valence-electron chi connectivity index (χ1n) is 4.65. The third kappa shape index (κ3) is 2.69. The Balaban J connectivity index is 3.20. The summed E-state index contributed by atoms with van der Waals surface area (Å²) in [7, 11) is 3.64. The Labute approximate surface area is 93.0 Å². The van der Waals surface area contributed by atoms with Crippen LogP contribution in [0.3, 0.4) is 0 Å². The van der Waals surface area contributed by atoms with Crippen LogP contribution < -0.4 is 10.2 Å². The summed E-state index contributed by atoms with van der Waals surface area (Å²) < 4.78 is 0. The van der Waals surface area contributed by atoms with Crippen LogP contribution in [0.2, 0.25) is 0 Å². The number of hydrogen-bond acceptors (Lipinski definition) is 4. The summed E-state index contributed by atoms with van der Waals surface area (Å²) in [6.07, 6.45) is 0. The molecule has 0 fully saturated rings. The summed E-state index contributed by atoms with van der Waals surface area (Å²) in [5, 5.41) is 13.2. The number of rotatable bonds is 3. The number of nitro groups is 1. The van der Waals surface area contributed by atoms with Gasteiger partial charge in [0, 0.05) is 32.8 Å². The van der Waals surface area contributed by atoms with Gasteiger partial charge in [-0.2, -0.15) is 0 Å². The lowest BCUT2D eigenvalue weighted by Crippen LogP contribution is -2.12. The summed E-state index contributed by atoms with van der Waals surface area (Å²) in [5.41, 5.74) is 0.888. The first-order chi connectivity index (χ1) is 7.41. The average Bonchev–Trinajstić information content (AvgIpc) is 2.15. The molecule has 1 rings (SSSR count). The maximum atomic E-state index is 10.9. The van der Waals surface area contributed by atoms with Crippen molar-refractivity contribution in [3.05, 3.63) is 28.3 Å². The highest BCUT2D eigenvalue weighted by Crippen LogP contribution is 2.28. The van der Waals surface area contributed by atoms with E-state index in [4.69, 9.17) is 0 Å². The monoisotopic (exact) mass is 223 g/mol. The van der Waals surface area contributed by atoms with E-state index in [2.05, 4.69) is 5.32 Å². The van der Waals surface area contributed by atoms with Crippen molar-refractivity contribution in [3.63, 3.8) is 0 Å². The van der Waals surface area contributed by atoms with E-state index in [0.29, 0.717) is 0 Å². The molecule has 0 heterocycles. The van der Waals surface area contributed by atoms with E-state index < -0.39 is 4.92 Å². The second-order valence-corrected chi connectivity index (χ2v) is 3.53. The molecular weight excluding hydrogens is 210 g/mol. The number of nitrogens with one attached hydrogen (secondary N) is 1. The van der Waals surface area contributed by atoms with Gasteiger partial charge in [-0.05, 0) is 12.1 Å². The number of hydrogen-bond donors (Lipinski definition) is 1. The van der Waals surface area contributed by atoms with Gasteiger partial charge < -0.3 is 10.2 Å². The molecule has 0 aliphatic heterocycles. The Hall–Kier alpha value is -2.11. The Kier molecular flexibility index (Phi) is 3.44. The van der Waals surface area contributed by atoms with Crippen molar-refractivity contribution in [1.29, 1.82) is 0 Å². The van der Waals surface area contributed by atoms with Gasteiger partial charge >= 0.3 is 0 Å². The standard InChI is InChI=1S/C10H13N3O3/c1-7(14)11-9-6-8(12(2)3)4-5-10(9)13(15)16/h4-6H,1-3H3,(H,11,14). The Morgan fingerprint density at radius 1 is 1.44 bits per heavy atom. The summed E-state index contributed by atoms with van der Waals surface area (Å²) in [6, 6.07) is 4.57. The topological polar surface area (TPSA) is 75.5 Å². The molecule has 0 saturated carbocycles. The van der Waals surface area contributed by atoms with Crippen molar-refractivity contribution in [2.45, 2.75) is 6.92 Å². The quantitative estimate of drug-likeness (QED) is 0.624. The van der Waals surface area contributed by atoms with Gasteiger partial charge in [0.2, 0.25) is 5.91 Å². The van der Waals surface area contributed by atoms with E-state index >= 15 is 0 Å². The molecule has 0 saturated heterocycles. The predicted molar refractivity (Wildman–Crippen MR) is 61.7 cm³/mol. The molecule has 86 valence electrons. The number of carbonyl (C=O) groups excluding carboxylic acids is 1. The van der Waals surface area contributed by atoms with Crippen LogP contribution >= 0.6 is 0 Å². The van der Waals surface area contributed by atoms with Crippen molar-refractivity contribution in [2.24, 2.45) is 0 Å². The fraction of sp³-hybridized carbons (Fsp3) is 0.300. The Morgan fingerprint density at radius 2 is 2.06 bits per heavy atom. The minimum atomic E-state index is -0.523. The fourth-order valence-corrected chi connectivity index (χ4v) is 1.25. The molecule has 0 unspecified atom stereocenters. The van der Waals surface area contributed by atoms with Crippen molar-refractivity contribution in [2.75, 3.05) is 24.3 Å². The predicted octanol–water partition coefficient (Wildman–Crippen LogP) is 1.62. The summed E-state index contributed by atoms with van der Waals surface area (Å²) in [4.78, 5) is 22.9. The molecule has 0 aliphatic rings. The second-order valence-electron chi connectivity index (χ2n) is 3.53. The van der Waals surface area contributed by atoms with Gasteiger partial charge in [-0.1, -0.05) is 0 Å². The molecular formula is C10H13N3O3. The molecule has 6 heteroatoms. The summed E-state index contributed by atoms with van der Waals surface area (Å²) in [6.45, 7) is 1.31. The molecule has 0 aromatic heterocycles. The molecule has 1 amide bonds. The zero-order valence-corrected chi connectivity index (χ0v) is 9.35.